The Kier molecular flexibility index (Phi) is 4.46. The second-order valence-electron chi connectivity index (χ2n) is 4.73. The maximum atomic E-state index is 12.1. The van der Waals surface area contributed by atoms with Crippen molar-refractivity contribution in [3.05, 3.63) is 53.1 Å². The monoisotopic (exact) mass is 300 g/mol. The van der Waals surface area contributed by atoms with Gasteiger partial charge >= 0.3 is 11.9 Å². The van der Waals surface area contributed by atoms with E-state index in [1.165, 1.54) is 20.3 Å². The van der Waals surface area contributed by atoms with Gasteiger partial charge in [0, 0.05) is 0 Å². The van der Waals surface area contributed by atoms with E-state index in [1.807, 2.05) is 31.2 Å². The Morgan fingerprint density at radius 2 is 1.41 bits per heavy atom. The van der Waals surface area contributed by atoms with Crippen LogP contribution in [0.25, 0.3) is 11.1 Å². The summed E-state index contributed by atoms with van der Waals surface area (Å²) in [6.45, 7) is 1.95. The highest BCUT2D eigenvalue weighted by Crippen LogP contribution is 2.33. The number of phenolic OH excluding ortho intramolecular Hbond substituents is 1. The van der Waals surface area contributed by atoms with E-state index in [0.717, 1.165) is 11.1 Å². The minimum absolute atomic E-state index is 0.0156. The first-order valence-electron chi connectivity index (χ1n) is 6.59. The summed E-state index contributed by atoms with van der Waals surface area (Å²) in [7, 11) is 2.40. The van der Waals surface area contributed by atoms with Gasteiger partial charge in [0.2, 0.25) is 0 Å². The first-order chi connectivity index (χ1) is 10.5. The molecule has 2 aromatic carbocycles. The van der Waals surface area contributed by atoms with Crippen molar-refractivity contribution in [2.24, 2.45) is 0 Å². The maximum absolute atomic E-state index is 12.1. The van der Waals surface area contributed by atoms with Crippen LogP contribution in [0.3, 0.4) is 0 Å². The smallest absolute Gasteiger partial charge is 0.342 e. The SMILES string of the molecule is COC(=O)c1c(O)ccc(-c2ccc(C)cc2)c1C(=O)OC. The lowest BCUT2D eigenvalue weighted by atomic mass is 9.94. The minimum atomic E-state index is -0.799. The molecule has 0 aliphatic carbocycles. The largest absolute Gasteiger partial charge is 0.507 e. The number of ether oxygens (including phenoxy) is 2. The summed E-state index contributed by atoms with van der Waals surface area (Å²) in [4.78, 5) is 24.0. The van der Waals surface area contributed by atoms with Gasteiger partial charge in [-0.15, -0.1) is 0 Å². The molecule has 2 rings (SSSR count). The lowest BCUT2D eigenvalue weighted by molar-refractivity contribution is 0.0553. The molecule has 5 heteroatoms. The zero-order valence-corrected chi connectivity index (χ0v) is 12.5. The summed E-state index contributed by atoms with van der Waals surface area (Å²) in [5.74, 6) is -1.85. The van der Waals surface area contributed by atoms with E-state index in [-0.39, 0.29) is 16.9 Å². The molecule has 0 saturated carbocycles. The fourth-order valence-electron chi connectivity index (χ4n) is 2.19. The lowest BCUT2D eigenvalue weighted by Gasteiger charge is -2.13. The van der Waals surface area contributed by atoms with E-state index in [1.54, 1.807) is 6.07 Å². The molecule has 0 atom stereocenters. The van der Waals surface area contributed by atoms with Crippen molar-refractivity contribution in [3.8, 4) is 16.9 Å². The van der Waals surface area contributed by atoms with Gasteiger partial charge in [0.05, 0.1) is 19.8 Å². The number of aromatic hydroxyl groups is 1. The van der Waals surface area contributed by atoms with Crippen LogP contribution in [0.15, 0.2) is 36.4 Å². The van der Waals surface area contributed by atoms with Gasteiger partial charge in [0.25, 0.3) is 0 Å². The Morgan fingerprint density at radius 3 is 1.95 bits per heavy atom. The fraction of sp³-hybridized carbons (Fsp3) is 0.176. The number of carbonyl (C=O) groups excluding carboxylic acids is 2. The van der Waals surface area contributed by atoms with Crippen LogP contribution in [-0.4, -0.2) is 31.3 Å². The van der Waals surface area contributed by atoms with Gasteiger partial charge in [0.15, 0.2) is 0 Å². The highest BCUT2D eigenvalue weighted by atomic mass is 16.5. The number of hydrogen-bond donors (Lipinski definition) is 1. The number of rotatable bonds is 3. The standard InChI is InChI=1S/C17H16O5/c1-10-4-6-11(7-5-10)12-8-9-13(18)15(17(20)22-3)14(12)16(19)21-2/h4-9,18H,1-3H3. The van der Waals surface area contributed by atoms with Gasteiger partial charge in [-0.1, -0.05) is 29.8 Å². The predicted octanol–water partition coefficient (Wildman–Crippen LogP) is 2.94. The van der Waals surface area contributed by atoms with Crippen LogP contribution >= 0.6 is 0 Å². The second-order valence-corrected chi connectivity index (χ2v) is 4.73. The number of hydrogen-bond acceptors (Lipinski definition) is 5. The van der Waals surface area contributed by atoms with Crippen LogP contribution in [0.1, 0.15) is 26.3 Å². The quantitative estimate of drug-likeness (QED) is 0.882. The van der Waals surface area contributed by atoms with Gasteiger partial charge in [-0.3, -0.25) is 0 Å². The average Bonchev–Trinajstić information content (AvgIpc) is 2.54. The summed E-state index contributed by atoms with van der Waals surface area (Å²) in [6.07, 6.45) is 0. The summed E-state index contributed by atoms with van der Waals surface area (Å²) < 4.78 is 9.41. The number of esters is 2. The van der Waals surface area contributed by atoms with Gasteiger partial charge < -0.3 is 14.6 Å². The highest BCUT2D eigenvalue weighted by molar-refractivity contribution is 6.09. The third kappa shape index (κ3) is 2.79. The first kappa shape index (κ1) is 15.6. The van der Waals surface area contributed by atoms with Crippen molar-refractivity contribution in [2.45, 2.75) is 6.92 Å². The Labute approximate surface area is 128 Å². The Hall–Kier alpha value is -2.82. The van der Waals surface area contributed by atoms with Crippen molar-refractivity contribution in [2.75, 3.05) is 14.2 Å². The Morgan fingerprint density at radius 1 is 0.864 bits per heavy atom. The van der Waals surface area contributed by atoms with Crippen molar-refractivity contribution >= 4 is 11.9 Å². The molecule has 0 radical (unpaired) electrons. The van der Waals surface area contributed by atoms with E-state index in [0.29, 0.717) is 5.56 Å². The molecule has 0 amide bonds. The molecule has 22 heavy (non-hydrogen) atoms. The minimum Gasteiger partial charge on any atom is -0.507 e. The van der Waals surface area contributed by atoms with Crippen molar-refractivity contribution < 1.29 is 24.2 Å². The fourth-order valence-corrected chi connectivity index (χ4v) is 2.19. The number of carbonyl (C=O) groups is 2. The van der Waals surface area contributed by atoms with Crippen LogP contribution in [0.2, 0.25) is 0 Å². The molecule has 0 spiro atoms. The maximum Gasteiger partial charge on any atom is 0.342 e. The molecule has 2 aromatic rings. The second kappa shape index (κ2) is 6.30. The summed E-state index contributed by atoms with van der Waals surface area (Å²) in [6, 6.07) is 10.4. The summed E-state index contributed by atoms with van der Waals surface area (Å²) in [5.41, 5.74) is 2.07. The van der Waals surface area contributed by atoms with E-state index in [9.17, 15) is 14.7 Å². The number of methoxy groups -OCH3 is 2. The molecule has 0 unspecified atom stereocenters. The molecule has 0 heterocycles. The van der Waals surface area contributed by atoms with Crippen LogP contribution in [0.4, 0.5) is 0 Å². The zero-order chi connectivity index (χ0) is 16.3. The number of phenols is 1. The molecular weight excluding hydrogens is 284 g/mol. The number of aryl methyl sites for hydroxylation is 1. The van der Waals surface area contributed by atoms with Crippen LogP contribution in [0, 0.1) is 6.92 Å². The Balaban J connectivity index is 2.76. The summed E-state index contributed by atoms with van der Waals surface area (Å²) in [5, 5.41) is 9.94. The molecule has 0 aromatic heterocycles. The van der Waals surface area contributed by atoms with Crippen molar-refractivity contribution in [3.63, 3.8) is 0 Å². The van der Waals surface area contributed by atoms with Gasteiger partial charge in [-0.25, -0.2) is 9.59 Å². The highest BCUT2D eigenvalue weighted by Gasteiger charge is 2.26. The molecule has 0 aliphatic heterocycles. The molecule has 5 nitrogen and oxygen atoms in total. The van der Waals surface area contributed by atoms with Crippen molar-refractivity contribution in [1.29, 1.82) is 0 Å². The number of benzene rings is 2. The van der Waals surface area contributed by atoms with Gasteiger partial charge in [-0.2, -0.15) is 0 Å². The van der Waals surface area contributed by atoms with E-state index < -0.39 is 11.9 Å². The molecule has 114 valence electrons. The molecule has 0 bridgehead atoms. The van der Waals surface area contributed by atoms with Crippen LogP contribution < -0.4 is 0 Å². The lowest BCUT2D eigenvalue weighted by Crippen LogP contribution is -2.13. The Bertz CT molecular complexity index is 717. The van der Waals surface area contributed by atoms with Crippen LogP contribution in [0.5, 0.6) is 5.75 Å². The topological polar surface area (TPSA) is 72.8 Å². The van der Waals surface area contributed by atoms with E-state index in [4.69, 9.17) is 4.74 Å². The molecule has 0 fully saturated rings. The third-order valence-electron chi connectivity index (χ3n) is 3.32. The zero-order valence-electron chi connectivity index (χ0n) is 12.5. The normalized spacial score (nSPS) is 10.1. The van der Waals surface area contributed by atoms with Crippen LogP contribution in [-0.2, 0) is 9.47 Å². The first-order valence-corrected chi connectivity index (χ1v) is 6.59. The molecular formula is C17H16O5. The van der Waals surface area contributed by atoms with Gasteiger partial charge in [0.1, 0.15) is 11.3 Å². The predicted molar refractivity (Wildman–Crippen MR) is 81.0 cm³/mol. The van der Waals surface area contributed by atoms with E-state index in [2.05, 4.69) is 4.74 Å². The molecule has 1 N–H and O–H groups in total. The molecule has 0 aliphatic rings. The van der Waals surface area contributed by atoms with E-state index >= 15 is 0 Å². The molecule has 0 saturated heterocycles. The van der Waals surface area contributed by atoms with Gasteiger partial charge in [-0.05, 0) is 30.2 Å². The summed E-state index contributed by atoms with van der Waals surface area (Å²) >= 11 is 0. The average molecular weight is 300 g/mol. The van der Waals surface area contributed by atoms with Crippen molar-refractivity contribution in [1.82, 2.24) is 0 Å². The third-order valence-corrected chi connectivity index (χ3v) is 3.32.